The summed E-state index contributed by atoms with van der Waals surface area (Å²) in [6, 6.07) is 0. The summed E-state index contributed by atoms with van der Waals surface area (Å²) >= 11 is 0. The van der Waals surface area contributed by atoms with Crippen molar-refractivity contribution in [1.82, 2.24) is 24.9 Å². The van der Waals surface area contributed by atoms with Gasteiger partial charge in [-0.3, -0.25) is 0 Å². The average Bonchev–Trinajstić information content (AvgIpc) is 2.56. The van der Waals surface area contributed by atoms with E-state index in [0.29, 0.717) is 13.1 Å². The van der Waals surface area contributed by atoms with Gasteiger partial charge in [-0.1, -0.05) is 0 Å². The zero-order chi connectivity index (χ0) is 10.6. The summed E-state index contributed by atoms with van der Waals surface area (Å²) in [7, 11) is -3.18. The van der Waals surface area contributed by atoms with Crippen LogP contribution in [0.1, 0.15) is 13.8 Å². The second kappa shape index (κ2) is 4.47. The standard InChI is InChI=1S/C6H13N5O2S/c1-6(2)14(12,13)8-3-4-11-5-7-9-10-11/h5-6,8H,3-4H2,1-2H3. The van der Waals surface area contributed by atoms with Gasteiger partial charge >= 0.3 is 0 Å². The lowest BCUT2D eigenvalue weighted by Gasteiger charge is -2.08. The van der Waals surface area contributed by atoms with E-state index >= 15 is 0 Å². The van der Waals surface area contributed by atoms with Gasteiger partial charge in [-0.2, -0.15) is 0 Å². The molecule has 0 atom stereocenters. The largest absolute Gasteiger partial charge is 0.231 e. The summed E-state index contributed by atoms with van der Waals surface area (Å²) in [4.78, 5) is 0. The topological polar surface area (TPSA) is 89.8 Å². The second-order valence-electron chi connectivity index (χ2n) is 3.06. The minimum absolute atomic E-state index is 0.297. The molecule has 8 heteroatoms. The number of hydrogen-bond donors (Lipinski definition) is 1. The maximum atomic E-state index is 11.3. The third-order valence-corrected chi connectivity index (χ3v) is 3.50. The first-order chi connectivity index (χ1) is 6.52. The maximum Gasteiger partial charge on any atom is 0.213 e. The molecule has 0 unspecified atom stereocenters. The molecule has 0 saturated heterocycles. The van der Waals surface area contributed by atoms with Gasteiger partial charge in [0.05, 0.1) is 11.8 Å². The van der Waals surface area contributed by atoms with Crippen molar-refractivity contribution in [3.63, 3.8) is 0 Å². The van der Waals surface area contributed by atoms with Crippen molar-refractivity contribution in [1.29, 1.82) is 0 Å². The van der Waals surface area contributed by atoms with Crippen molar-refractivity contribution < 1.29 is 8.42 Å². The highest BCUT2D eigenvalue weighted by molar-refractivity contribution is 7.90. The molecule has 14 heavy (non-hydrogen) atoms. The van der Waals surface area contributed by atoms with Crippen molar-refractivity contribution in [3.05, 3.63) is 6.33 Å². The molecule has 0 aromatic carbocycles. The Morgan fingerprint density at radius 3 is 2.71 bits per heavy atom. The Kier molecular flexibility index (Phi) is 3.53. The molecule has 0 aliphatic carbocycles. The highest BCUT2D eigenvalue weighted by Crippen LogP contribution is 1.94. The Morgan fingerprint density at radius 1 is 1.50 bits per heavy atom. The summed E-state index contributed by atoms with van der Waals surface area (Å²) < 4.78 is 26.5. The van der Waals surface area contributed by atoms with Gasteiger partial charge in [-0.25, -0.2) is 17.8 Å². The van der Waals surface area contributed by atoms with Gasteiger partial charge in [0.2, 0.25) is 10.0 Å². The van der Waals surface area contributed by atoms with E-state index < -0.39 is 15.3 Å². The Morgan fingerprint density at radius 2 is 2.21 bits per heavy atom. The van der Waals surface area contributed by atoms with Crippen molar-refractivity contribution in [2.75, 3.05) is 6.54 Å². The molecule has 1 heterocycles. The van der Waals surface area contributed by atoms with Crippen LogP contribution < -0.4 is 4.72 Å². The van der Waals surface area contributed by atoms with E-state index in [-0.39, 0.29) is 0 Å². The van der Waals surface area contributed by atoms with Crippen LogP contribution in [-0.2, 0) is 16.6 Å². The van der Waals surface area contributed by atoms with Crippen molar-refractivity contribution in [2.45, 2.75) is 25.6 Å². The van der Waals surface area contributed by atoms with E-state index in [2.05, 4.69) is 20.2 Å². The molecule has 0 radical (unpaired) electrons. The number of tetrazole rings is 1. The van der Waals surface area contributed by atoms with Gasteiger partial charge in [0.15, 0.2) is 0 Å². The van der Waals surface area contributed by atoms with E-state index in [9.17, 15) is 8.42 Å². The zero-order valence-electron chi connectivity index (χ0n) is 8.08. The van der Waals surface area contributed by atoms with E-state index in [4.69, 9.17) is 0 Å². The minimum atomic E-state index is -3.18. The van der Waals surface area contributed by atoms with Crippen LogP contribution in [0.25, 0.3) is 0 Å². The molecule has 0 amide bonds. The zero-order valence-corrected chi connectivity index (χ0v) is 8.90. The minimum Gasteiger partial charge on any atom is -0.231 e. The monoisotopic (exact) mass is 219 g/mol. The molecular formula is C6H13N5O2S. The molecule has 7 nitrogen and oxygen atoms in total. The van der Waals surface area contributed by atoms with Crippen LogP contribution in [0.2, 0.25) is 0 Å². The molecule has 1 aromatic rings. The molecule has 0 fully saturated rings. The van der Waals surface area contributed by atoms with Gasteiger partial charge in [-0.05, 0) is 24.3 Å². The Bertz CT molecular complexity index is 358. The highest BCUT2D eigenvalue weighted by atomic mass is 32.2. The molecule has 80 valence electrons. The van der Waals surface area contributed by atoms with E-state index in [1.165, 1.54) is 11.0 Å². The van der Waals surface area contributed by atoms with Crippen molar-refractivity contribution in [2.24, 2.45) is 0 Å². The van der Waals surface area contributed by atoms with Gasteiger partial charge < -0.3 is 0 Å². The molecule has 0 spiro atoms. The number of hydrogen-bond acceptors (Lipinski definition) is 5. The van der Waals surface area contributed by atoms with Gasteiger partial charge in [0.25, 0.3) is 0 Å². The SMILES string of the molecule is CC(C)S(=O)(=O)NCCn1cnnn1. The fraction of sp³-hybridized carbons (Fsp3) is 0.833. The van der Waals surface area contributed by atoms with Crippen LogP contribution in [0.5, 0.6) is 0 Å². The fourth-order valence-electron chi connectivity index (χ4n) is 0.752. The van der Waals surface area contributed by atoms with E-state index in [0.717, 1.165) is 0 Å². The van der Waals surface area contributed by atoms with Crippen LogP contribution in [0.15, 0.2) is 6.33 Å². The van der Waals surface area contributed by atoms with E-state index in [1.807, 2.05) is 0 Å². The molecule has 0 aliphatic heterocycles. The number of nitrogens with zero attached hydrogens (tertiary/aromatic N) is 4. The van der Waals surface area contributed by atoms with Crippen molar-refractivity contribution in [3.8, 4) is 0 Å². The highest BCUT2D eigenvalue weighted by Gasteiger charge is 2.14. The Balaban J connectivity index is 2.36. The molecule has 1 N–H and O–H groups in total. The van der Waals surface area contributed by atoms with Crippen LogP contribution >= 0.6 is 0 Å². The molecule has 1 rings (SSSR count). The van der Waals surface area contributed by atoms with Crippen LogP contribution in [0.4, 0.5) is 0 Å². The molecule has 0 saturated carbocycles. The van der Waals surface area contributed by atoms with Crippen molar-refractivity contribution >= 4 is 10.0 Å². The maximum absolute atomic E-state index is 11.3. The van der Waals surface area contributed by atoms with Crippen LogP contribution in [-0.4, -0.2) is 40.4 Å². The lowest BCUT2D eigenvalue weighted by atomic mass is 10.6. The smallest absolute Gasteiger partial charge is 0.213 e. The third kappa shape index (κ3) is 3.04. The fourth-order valence-corrected chi connectivity index (χ4v) is 1.46. The van der Waals surface area contributed by atoms with Crippen LogP contribution in [0, 0.1) is 0 Å². The normalized spacial score (nSPS) is 12.2. The molecule has 1 aromatic heterocycles. The first kappa shape index (κ1) is 11.1. The lowest BCUT2D eigenvalue weighted by molar-refractivity contribution is 0.547. The quantitative estimate of drug-likeness (QED) is 0.686. The average molecular weight is 219 g/mol. The summed E-state index contributed by atoms with van der Waals surface area (Å²) in [5.41, 5.74) is 0. The predicted molar refractivity (Wildman–Crippen MR) is 49.9 cm³/mol. The number of nitrogens with one attached hydrogen (secondary N) is 1. The molecule has 0 bridgehead atoms. The second-order valence-corrected chi connectivity index (χ2v) is 5.38. The van der Waals surface area contributed by atoms with Gasteiger partial charge in [0.1, 0.15) is 6.33 Å². The van der Waals surface area contributed by atoms with Crippen LogP contribution in [0.3, 0.4) is 0 Å². The number of rotatable bonds is 5. The Hall–Kier alpha value is -1.02. The van der Waals surface area contributed by atoms with Gasteiger partial charge in [0, 0.05) is 6.54 Å². The Labute approximate surface area is 82.6 Å². The summed E-state index contributed by atoms with van der Waals surface area (Å²) in [5.74, 6) is 0. The number of sulfonamides is 1. The van der Waals surface area contributed by atoms with E-state index in [1.54, 1.807) is 13.8 Å². The summed E-state index contributed by atoms with van der Waals surface area (Å²) in [6.45, 7) is 3.98. The molecule has 0 aliphatic rings. The third-order valence-electron chi connectivity index (χ3n) is 1.66. The summed E-state index contributed by atoms with van der Waals surface area (Å²) in [5, 5.41) is 10.0. The van der Waals surface area contributed by atoms with Gasteiger partial charge in [-0.15, -0.1) is 5.10 Å². The summed E-state index contributed by atoms with van der Waals surface area (Å²) in [6.07, 6.45) is 1.43. The first-order valence-corrected chi connectivity index (χ1v) is 5.76. The number of aromatic nitrogens is 4. The lowest BCUT2D eigenvalue weighted by Crippen LogP contribution is -2.33. The molecular weight excluding hydrogens is 206 g/mol. The first-order valence-electron chi connectivity index (χ1n) is 4.21. The predicted octanol–water partition coefficient (Wildman–Crippen LogP) is -0.999.